The number of aryl methyl sites for hydroxylation is 2. The molecule has 0 saturated carbocycles. The number of nitrogens with one attached hydrogen (secondary N) is 2. The summed E-state index contributed by atoms with van der Waals surface area (Å²) >= 11 is 0. The number of carbonyl (C=O) groups is 1. The van der Waals surface area contributed by atoms with Gasteiger partial charge in [0.15, 0.2) is 11.3 Å². The Bertz CT molecular complexity index is 1910. The standard InChI is InChI=1S/C38H41F2N7O3/c1-26(48)34(44-38-33-11-2-3-12-35(33)45-37(47(38)49)28-9-6-16-41-25-28)15-19-46(20-21-50-32-23-29(39)22-30(40)24-32)18-5-4-10-31-14-13-27-8-7-17-42-36(27)43-31/h2-3,6,9,11-14,16,22-25,34,49H,4-5,7-8,10,15,17-21H2,1H3,(H,42,43)/p+1/t34-/m0/s1. The van der Waals surface area contributed by atoms with Gasteiger partial charge in [0.05, 0.1) is 10.9 Å². The van der Waals surface area contributed by atoms with Gasteiger partial charge in [-0.15, -0.1) is 0 Å². The maximum atomic E-state index is 13.8. The van der Waals surface area contributed by atoms with Gasteiger partial charge in [-0.25, -0.2) is 13.8 Å². The third-order valence-electron chi connectivity index (χ3n) is 8.87. The van der Waals surface area contributed by atoms with Crippen LogP contribution in [0.15, 0.2) is 79.1 Å². The van der Waals surface area contributed by atoms with Crippen molar-refractivity contribution in [2.45, 2.75) is 51.5 Å². The summed E-state index contributed by atoms with van der Waals surface area (Å²) in [6.45, 7) is 4.41. The molecule has 5 aromatic rings. The predicted octanol–water partition coefficient (Wildman–Crippen LogP) is 6.02. The SMILES string of the molecule is CC(=O)[C@H](CCN(CCCCc1ccc2c(n1)NCCC2)CCOc1cc(F)cc(F)c1)Nc1c2ccccc2nc(-c2cccnc2)[n+]1O. The van der Waals surface area contributed by atoms with Crippen LogP contribution in [-0.4, -0.2) is 69.7 Å². The molecule has 12 heteroatoms. The summed E-state index contributed by atoms with van der Waals surface area (Å²) in [5.41, 5.74) is 3.58. The van der Waals surface area contributed by atoms with Gasteiger partial charge in [-0.05, 0) is 81.5 Å². The van der Waals surface area contributed by atoms with Crippen LogP contribution in [0.5, 0.6) is 5.75 Å². The summed E-state index contributed by atoms with van der Waals surface area (Å²) in [6, 6.07) is 17.8. The fourth-order valence-electron chi connectivity index (χ4n) is 6.22. The Morgan fingerprint density at radius 1 is 1.04 bits per heavy atom. The van der Waals surface area contributed by atoms with E-state index in [1.54, 1.807) is 24.5 Å². The third-order valence-corrected chi connectivity index (χ3v) is 8.87. The molecule has 0 bridgehead atoms. The molecule has 50 heavy (non-hydrogen) atoms. The third kappa shape index (κ3) is 8.86. The van der Waals surface area contributed by atoms with E-state index in [9.17, 15) is 18.8 Å². The molecule has 1 aliphatic rings. The summed E-state index contributed by atoms with van der Waals surface area (Å²) in [5, 5.41) is 18.7. The Kier molecular flexibility index (Phi) is 11.4. The van der Waals surface area contributed by atoms with Crippen molar-refractivity contribution in [3.63, 3.8) is 0 Å². The molecule has 0 saturated heterocycles. The number of hydrogen-bond acceptors (Lipinski definition) is 9. The highest BCUT2D eigenvalue weighted by Gasteiger charge is 2.27. The minimum atomic E-state index is -0.699. The first-order valence-electron chi connectivity index (χ1n) is 17.1. The molecule has 3 aromatic heterocycles. The quantitative estimate of drug-likeness (QED) is 0.0653. The zero-order chi connectivity index (χ0) is 34.9. The minimum absolute atomic E-state index is 0.0904. The number of Topliss-reactive ketones (excluding diaryl/α,β-unsaturated/α-hetero) is 1. The predicted molar refractivity (Wildman–Crippen MR) is 187 cm³/mol. The molecular formula is C38H42F2N7O3+. The Morgan fingerprint density at radius 3 is 2.68 bits per heavy atom. The van der Waals surface area contributed by atoms with Crippen molar-refractivity contribution in [3.05, 3.63) is 102 Å². The van der Waals surface area contributed by atoms with E-state index in [0.29, 0.717) is 47.6 Å². The van der Waals surface area contributed by atoms with E-state index >= 15 is 0 Å². The summed E-state index contributed by atoms with van der Waals surface area (Å²) in [6.07, 6.45) is 8.49. The van der Waals surface area contributed by atoms with Crippen molar-refractivity contribution in [3.8, 4) is 17.1 Å². The number of ether oxygens (including phenoxy) is 1. The van der Waals surface area contributed by atoms with E-state index in [1.165, 1.54) is 12.5 Å². The van der Waals surface area contributed by atoms with E-state index in [-0.39, 0.29) is 18.1 Å². The van der Waals surface area contributed by atoms with Gasteiger partial charge in [-0.3, -0.25) is 20.0 Å². The molecule has 10 nitrogen and oxygen atoms in total. The van der Waals surface area contributed by atoms with Crippen molar-refractivity contribution in [1.82, 2.24) is 19.9 Å². The molecule has 6 rings (SSSR count). The van der Waals surface area contributed by atoms with Crippen molar-refractivity contribution in [2.24, 2.45) is 0 Å². The first kappa shape index (κ1) is 34.6. The molecule has 260 valence electrons. The largest absolute Gasteiger partial charge is 0.492 e. The number of aromatic nitrogens is 4. The highest BCUT2D eigenvalue weighted by atomic mass is 19.1. The van der Waals surface area contributed by atoms with Gasteiger partial charge in [-0.1, -0.05) is 27.9 Å². The van der Waals surface area contributed by atoms with Gasteiger partial charge in [0.2, 0.25) is 0 Å². The van der Waals surface area contributed by atoms with Gasteiger partial charge in [-0.2, -0.15) is 0 Å². The number of benzene rings is 2. The van der Waals surface area contributed by atoms with E-state index in [0.717, 1.165) is 79.6 Å². The highest BCUT2D eigenvalue weighted by molar-refractivity contribution is 5.91. The number of nitrogens with zero attached hydrogens (tertiary/aromatic N) is 5. The van der Waals surface area contributed by atoms with Crippen molar-refractivity contribution in [2.75, 3.05) is 43.4 Å². The molecular weight excluding hydrogens is 640 g/mol. The average molecular weight is 683 g/mol. The Labute approximate surface area is 290 Å². The zero-order valence-corrected chi connectivity index (χ0v) is 28.1. The number of rotatable bonds is 16. The monoisotopic (exact) mass is 682 g/mol. The molecule has 0 unspecified atom stereocenters. The Morgan fingerprint density at radius 2 is 1.88 bits per heavy atom. The van der Waals surface area contributed by atoms with E-state index in [4.69, 9.17) is 9.72 Å². The first-order valence-corrected chi connectivity index (χ1v) is 17.1. The Hall–Kier alpha value is -5.23. The van der Waals surface area contributed by atoms with E-state index in [1.807, 2.05) is 24.3 Å². The molecule has 0 aliphatic carbocycles. The average Bonchev–Trinajstić information content (AvgIpc) is 3.12. The van der Waals surface area contributed by atoms with Crippen LogP contribution >= 0.6 is 0 Å². The van der Waals surface area contributed by atoms with Gasteiger partial charge in [0, 0.05) is 62.3 Å². The lowest BCUT2D eigenvalue weighted by Gasteiger charge is -2.24. The molecule has 0 radical (unpaired) electrons. The number of fused-ring (bicyclic) bond motifs is 2. The molecule has 1 aliphatic heterocycles. The number of unbranched alkanes of at least 4 members (excludes halogenated alkanes) is 1. The lowest BCUT2D eigenvalue weighted by molar-refractivity contribution is -0.885. The van der Waals surface area contributed by atoms with E-state index in [2.05, 4.69) is 37.6 Å². The number of ketones is 1. The van der Waals surface area contributed by atoms with Gasteiger partial charge < -0.3 is 15.3 Å². The second-order valence-electron chi connectivity index (χ2n) is 12.5. The molecule has 0 spiro atoms. The van der Waals surface area contributed by atoms with Crippen LogP contribution in [0, 0.1) is 11.6 Å². The number of pyridine rings is 2. The van der Waals surface area contributed by atoms with Crippen LogP contribution < -0.4 is 20.1 Å². The smallest absolute Gasteiger partial charge is 0.309 e. The fraction of sp³-hybridized carbons (Fsp3) is 0.342. The molecule has 3 N–H and O–H groups in total. The molecule has 0 fully saturated rings. The number of halogens is 2. The summed E-state index contributed by atoms with van der Waals surface area (Å²) in [5.74, 6) is 0.266. The lowest BCUT2D eigenvalue weighted by Crippen LogP contribution is -2.43. The van der Waals surface area contributed by atoms with Gasteiger partial charge in [0.25, 0.3) is 5.82 Å². The van der Waals surface area contributed by atoms with Crippen molar-refractivity contribution >= 4 is 28.3 Å². The van der Waals surface area contributed by atoms with Crippen LogP contribution in [0.25, 0.3) is 22.3 Å². The normalized spacial score (nSPS) is 13.1. The highest BCUT2D eigenvalue weighted by Crippen LogP contribution is 2.24. The number of carbonyl (C=O) groups excluding carboxylic acids is 1. The maximum absolute atomic E-state index is 13.8. The van der Waals surface area contributed by atoms with Crippen LogP contribution in [0.2, 0.25) is 0 Å². The fourth-order valence-corrected chi connectivity index (χ4v) is 6.22. The van der Waals surface area contributed by atoms with Crippen LogP contribution in [-0.2, 0) is 17.6 Å². The van der Waals surface area contributed by atoms with Gasteiger partial charge in [0.1, 0.15) is 35.9 Å². The second-order valence-corrected chi connectivity index (χ2v) is 12.5. The van der Waals surface area contributed by atoms with Crippen LogP contribution in [0.3, 0.4) is 0 Å². The van der Waals surface area contributed by atoms with Crippen LogP contribution in [0.1, 0.15) is 43.9 Å². The summed E-state index contributed by atoms with van der Waals surface area (Å²) < 4.78 is 34.2. The second kappa shape index (κ2) is 16.4. The maximum Gasteiger partial charge on any atom is 0.309 e. The number of anilines is 2. The Balaban J connectivity index is 1.14. The van der Waals surface area contributed by atoms with Gasteiger partial charge >= 0.3 is 5.82 Å². The summed E-state index contributed by atoms with van der Waals surface area (Å²) in [7, 11) is 0. The van der Waals surface area contributed by atoms with E-state index < -0.39 is 17.7 Å². The van der Waals surface area contributed by atoms with Crippen molar-refractivity contribution < 1.29 is 28.2 Å². The zero-order valence-electron chi connectivity index (χ0n) is 28.1. The van der Waals surface area contributed by atoms with Crippen LogP contribution in [0.4, 0.5) is 20.4 Å². The molecule has 0 amide bonds. The molecule has 2 aromatic carbocycles. The first-order chi connectivity index (χ1) is 24.3. The molecule has 4 heterocycles. The lowest BCUT2D eigenvalue weighted by atomic mass is 10.1. The summed E-state index contributed by atoms with van der Waals surface area (Å²) in [4.78, 5) is 28.9. The number of para-hydroxylation sites is 1. The topological polar surface area (TPSA) is 116 Å². The minimum Gasteiger partial charge on any atom is -0.492 e. The van der Waals surface area contributed by atoms with Crippen molar-refractivity contribution in [1.29, 1.82) is 0 Å². The number of hydrogen-bond donors (Lipinski definition) is 3. The molecule has 1 atom stereocenters.